The highest BCUT2D eigenvalue weighted by atomic mass is 31.2. The molecule has 0 aliphatic carbocycles. The monoisotopic (exact) mass is 285 g/mol. The first kappa shape index (κ1) is 17.7. The van der Waals surface area contributed by atoms with E-state index in [1.807, 2.05) is 0 Å². The summed E-state index contributed by atoms with van der Waals surface area (Å²) in [6.07, 6.45) is 0. The number of nitrogens with zero attached hydrogens (tertiary/aromatic N) is 1. The summed E-state index contributed by atoms with van der Waals surface area (Å²) in [5, 5.41) is 0. The predicted molar refractivity (Wildman–Crippen MR) is 73.2 cm³/mol. The molecule has 2 atom stereocenters. The molecule has 0 N–H and O–H groups in total. The molecule has 0 heterocycles. The molecule has 0 aliphatic heterocycles. The van der Waals surface area contributed by atoms with E-state index in [1.165, 1.54) is 0 Å². The molecule has 0 aromatic rings. The second-order valence-electron chi connectivity index (χ2n) is 3.40. The van der Waals surface area contributed by atoms with E-state index in [-0.39, 0.29) is 11.6 Å². The average Bonchev–Trinajstić information content (AvgIpc) is 2.33. The van der Waals surface area contributed by atoms with Gasteiger partial charge < -0.3 is 18.1 Å². The highest BCUT2D eigenvalue weighted by Crippen LogP contribution is 2.49. The van der Waals surface area contributed by atoms with Crippen molar-refractivity contribution >= 4 is 16.8 Å². The van der Waals surface area contributed by atoms with Crippen LogP contribution < -0.4 is 0 Å². The van der Waals surface area contributed by atoms with Gasteiger partial charge >= 0.3 is 0 Å². The van der Waals surface area contributed by atoms with E-state index in [9.17, 15) is 0 Å². The SMILES string of the molecule is CCN(C(C)P(OC)OC)C(C)P(OC)OC. The number of hydrogen-bond acceptors (Lipinski definition) is 5. The fourth-order valence-corrected chi connectivity index (χ4v) is 4.68. The molecule has 0 bridgehead atoms. The first-order valence-electron chi connectivity index (χ1n) is 5.57. The summed E-state index contributed by atoms with van der Waals surface area (Å²) in [7, 11) is 4.91. The van der Waals surface area contributed by atoms with Crippen LogP contribution in [0.5, 0.6) is 0 Å². The molecule has 7 heteroatoms. The summed E-state index contributed by atoms with van der Waals surface area (Å²) in [5.74, 6) is 0.408. The zero-order valence-corrected chi connectivity index (χ0v) is 13.6. The van der Waals surface area contributed by atoms with Gasteiger partial charge in [0.25, 0.3) is 0 Å². The molecule has 17 heavy (non-hydrogen) atoms. The molecular formula is C10H25NO4P2. The van der Waals surface area contributed by atoms with Gasteiger partial charge in [0.05, 0.1) is 11.6 Å². The smallest absolute Gasteiger partial charge is 0.188 e. The molecule has 104 valence electrons. The van der Waals surface area contributed by atoms with E-state index in [1.54, 1.807) is 28.4 Å². The van der Waals surface area contributed by atoms with Gasteiger partial charge in [-0.3, -0.25) is 4.90 Å². The second kappa shape index (κ2) is 9.57. The normalized spacial score (nSPS) is 15.9. The van der Waals surface area contributed by atoms with Gasteiger partial charge in [-0.1, -0.05) is 6.92 Å². The van der Waals surface area contributed by atoms with Crippen LogP contribution >= 0.6 is 16.8 Å². The lowest BCUT2D eigenvalue weighted by Crippen LogP contribution is -2.39. The summed E-state index contributed by atoms with van der Waals surface area (Å²) in [4.78, 5) is 2.29. The van der Waals surface area contributed by atoms with Crippen LogP contribution in [0, 0.1) is 0 Å². The van der Waals surface area contributed by atoms with Crippen molar-refractivity contribution in [2.75, 3.05) is 35.0 Å². The second-order valence-corrected chi connectivity index (χ2v) is 7.49. The van der Waals surface area contributed by atoms with Crippen molar-refractivity contribution in [1.82, 2.24) is 4.90 Å². The van der Waals surface area contributed by atoms with Crippen LogP contribution in [0.25, 0.3) is 0 Å². The lowest BCUT2D eigenvalue weighted by atomic mass is 10.5. The van der Waals surface area contributed by atoms with Crippen molar-refractivity contribution in [3.63, 3.8) is 0 Å². The first-order chi connectivity index (χ1) is 8.06. The Morgan fingerprint density at radius 1 is 0.824 bits per heavy atom. The Hall–Kier alpha value is 0.660. The summed E-state index contributed by atoms with van der Waals surface area (Å²) >= 11 is 0. The van der Waals surface area contributed by atoms with Crippen LogP contribution in [0.4, 0.5) is 0 Å². The summed E-state index contributed by atoms with van der Waals surface area (Å²) < 4.78 is 21.5. The van der Waals surface area contributed by atoms with Gasteiger partial charge in [0.1, 0.15) is 0 Å². The summed E-state index contributed by atoms with van der Waals surface area (Å²) in [6.45, 7) is 7.24. The molecule has 5 nitrogen and oxygen atoms in total. The highest BCUT2D eigenvalue weighted by molar-refractivity contribution is 7.49. The zero-order valence-electron chi connectivity index (χ0n) is 11.8. The van der Waals surface area contributed by atoms with Gasteiger partial charge in [-0.2, -0.15) is 0 Å². The maximum atomic E-state index is 5.37. The van der Waals surface area contributed by atoms with Gasteiger partial charge in [0.2, 0.25) is 0 Å². The third-order valence-corrected chi connectivity index (χ3v) is 5.91. The van der Waals surface area contributed by atoms with Crippen LogP contribution in [0.15, 0.2) is 0 Å². The van der Waals surface area contributed by atoms with Gasteiger partial charge in [0, 0.05) is 28.4 Å². The molecule has 0 radical (unpaired) electrons. The number of rotatable bonds is 9. The molecule has 0 amide bonds. The lowest BCUT2D eigenvalue weighted by Gasteiger charge is -2.37. The van der Waals surface area contributed by atoms with Crippen LogP contribution in [0.3, 0.4) is 0 Å². The van der Waals surface area contributed by atoms with E-state index in [4.69, 9.17) is 18.1 Å². The summed E-state index contributed by atoms with van der Waals surface area (Å²) in [5.41, 5.74) is 0. The fourth-order valence-electron chi connectivity index (χ4n) is 1.84. The first-order valence-corrected chi connectivity index (χ1v) is 8.07. The standard InChI is InChI=1S/C10H25NO4P2/c1-8-11(9(2)16(12-4)13-5)10(3)17(14-6)15-7/h9-10H,8H2,1-7H3. The Morgan fingerprint density at radius 2 is 1.12 bits per heavy atom. The molecule has 0 aliphatic rings. The quantitative estimate of drug-likeness (QED) is 0.608. The predicted octanol–water partition coefficient (Wildman–Crippen LogP) is 3.21. The number of hydrogen-bond donors (Lipinski definition) is 0. The van der Waals surface area contributed by atoms with Crippen molar-refractivity contribution in [2.45, 2.75) is 32.3 Å². The van der Waals surface area contributed by atoms with Crippen molar-refractivity contribution in [1.29, 1.82) is 0 Å². The molecule has 0 aromatic carbocycles. The summed E-state index contributed by atoms with van der Waals surface area (Å²) in [6, 6.07) is 0. The minimum atomic E-state index is -0.905. The van der Waals surface area contributed by atoms with Gasteiger partial charge in [-0.05, 0) is 20.4 Å². The minimum absolute atomic E-state index is 0.204. The molecule has 0 spiro atoms. The molecule has 0 saturated heterocycles. The Morgan fingerprint density at radius 3 is 1.29 bits per heavy atom. The van der Waals surface area contributed by atoms with E-state index in [0.717, 1.165) is 6.54 Å². The molecule has 2 unspecified atom stereocenters. The molecule has 0 rings (SSSR count). The van der Waals surface area contributed by atoms with Crippen molar-refractivity contribution < 1.29 is 18.1 Å². The van der Waals surface area contributed by atoms with E-state index >= 15 is 0 Å². The molecule has 0 saturated carbocycles. The third kappa shape index (κ3) is 5.04. The average molecular weight is 285 g/mol. The Kier molecular flexibility index (Phi) is 9.94. The van der Waals surface area contributed by atoms with Crippen LogP contribution in [0.2, 0.25) is 0 Å². The van der Waals surface area contributed by atoms with E-state index in [2.05, 4.69) is 25.7 Å². The van der Waals surface area contributed by atoms with Crippen LogP contribution in [-0.2, 0) is 18.1 Å². The van der Waals surface area contributed by atoms with Crippen molar-refractivity contribution in [3.8, 4) is 0 Å². The van der Waals surface area contributed by atoms with E-state index < -0.39 is 16.8 Å². The van der Waals surface area contributed by atoms with Gasteiger partial charge in [0.15, 0.2) is 16.8 Å². The fraction of sp³-hybridized carbons (Fsp3) is 1.00. The van der Waals surface area contributed by atoms with E-state index in [0.29, 0.717) is 0 Å². The molecule has 0 aromatic heterocycles. The van der Waals surface area contributed by atoms with Crippen molar-refractivity contribution in [3.05, 3.63) is 0 Å². The third-order valence-electron chi connectivity index (χ3n) is 2.66. The Balaban J connectivity index is 4.68. The highest BCUT2D eigenvalue weighted by Gasteiger charge is 2.31. The lowest BCUT2D eigenvalue weighted by molar-refractivity contribution is 0.203. The topological polar surface area (TPSA) is 40.2 Å². The van der Waals surface area contributed by atoms with Gasteiger partial charge in [-0.25, -0.2) is 0 Å². The molecular weight excluding hydrogens is 260 g/mol. The Labute approximate surface area is 108 Å². The van der Waals surface area contributed by atoms with Crippen LogP contribution in [-0.4, -0.2) is 51.4 Å². The van der Waals surface area contributed by atoms with Crippen LogP contribution in [0.1, 0.15) is 20.8 Å². The minimum Gasteiger partial charge on any atom is -0.336 e. The van der Waals surface area contributed by atoms with Crippen molar-refractivity contribution in [2.24, 2.45) is 0 Å². The van der Waals surface area contributed by atoms with Gasteiger partial charge in [-0.15, -0.1) is 0 Å². The zero-order chi connectivity index (χ0) is 13.4. The maximum absolute atomic E-state index is 5.37. The Bertz CT molecular complexity index is 173. The largest absolute Gasteiger partial charge is 0.336 e. The molecule has 0 fully saturated rings. The maximum Gasteiger partial charge on any atom is 0.188 e.